The highest BCUT2D eigenvalue weighted by atomic mass is 35.5. The molecular weight excluding hydrogens is 348 g/mol. The molecule has 1 saturated heterocycles. The third kappa shape index (κ3) is 3.81. The predicted octanol–water partition coefficient (Wildman–Crippen LogP) is 3.88. The van der Waals surface area contributed by atoms with Crippen LogP contribution < -0.4 is 9.80 Å². The lowest BCUT2D eigenvalue weighted by Crippen LogP contribution is -2.43. The molecule has 0 aliphatic carbocycles. The van der Waals surface area contributed by atoms with Crippen LogP contribution in [-0.2, 0) is 4.79 Å². The van der Waals surface area contributed by atoms with E-state index in [9.17, 15) is 4.79 Å². The molecule has 5 nitrogen and oxygen atoms in total. The molecule has 1 aliphatic rings. The van der Waals surface area contributed by atoms with Crippen molar-refractivity contribution in [1.29, 1.82) is 5.26 Å². The number of amides is 1. The highest BCUT2D eigenvalue weighted by molar-refractivity contribution is 6.33. The maximum absolute atomic E-state index is 13.0. The Kier molecular flexibility index (Phi) is 5.75. The van der Waals surface area contributed by atoms with Gasteiger partial charge in [0.1, 0.15) is 11.9 Å². The summed E-state index contributed by atoms with van der Waals surface area (Å²) in [5.74, 6) is 0.974. The average molecular weight is 369 g/mol. The summed E-state index contributed by atoms with van der Waals surface area (Å²) in [6.07, 6.45) is 3.14. The Morgan fingerprint density at radius 3 is 2.62 bits per heavy atom. The molecule has 1 aromatic heterocycles. The number of halogens is 1. The van der Waals surface area contributed by atoms with Crippen LogP contribution in [0.4, 0.5) is 11.5 Å². The second-order valence-electron chi connectivity index (χ2n) is 6.31. The fourth-order valence-electron chi connectivity index (χ4n) is 3.33. The summed E-state index contributed by atoms with van der Waals surface area (Å²) in [6, 6.07) is 13.2. The van der Waals surface area contributed by atoms with Crippen molar-refractivity contribution in [2.45, 2.75) is 19.8 Å². The second kappa shape index (κ2) is 8.20. The van der Waals surface area contributed by atoms with Gasteiger partial charge in [-0.05, 0) is 44.0 Å². The minimum absolute atomic E-state index is 0.0131. The molecule has 0 N–H and O–H groups in total. The first-order chi connectivity index (χ1) is 12.6. The van der Waals surface area contributed by atoms with Crippen molar-refractivity contribution < 1.29 is 4.79 Å². The molecule has 0 spiro atoms. The largest absolute Gasteiger partial charge is 0.357 e. The van der Waals surface area contributed by atoms with Crippen LogP contribution in [0.3, 0.4) is 0 Å². The normalized spacial score (nSPS) is 14.7. The molecule has 1 aromatic carbocycles. The van der Waals surface area contributed by atoms with Crippen molar-refractivity contribution in [2.75, 3.05) is 29.4 Å². The number of nitrogens with zero attached hydrogens (tertiary/aromatic N) is 4. The van der Waals surface area contributed by atoms with Crippen LogP contribution in [-0.4, -0.2) is 30.5 Å². The van der Waals surface area contributed by atoms with Gasteiger partial charge in [0.05, 0.1) is 16.3 Å². The van der Waals surface area contributed by atoms with Gasteiger partial charge in [-0.2, -0.15) is 5.26 Å². The van der Waals surface area contributed by atoms with E-state index in [-0.39, 0.29) is 11.8 Å². The Bertz CT molecular complexity index is 807. The number of piperidine rings is 1. The zero-order chi connectivity index (χ0) is 18.5. The number of aromatic nitrogens is 1. The fraction of sp³-hybridized carbons (Fsp3) is 0.350. The highest BCUT2D eigenvalue weighted by Crippen LogP contribution is 2.29. The second-order valence-corrected chi connectivity index (χ2v) is 6.72. The van der Waals surface area contributed by atoms with Gasteiger partial charge in [-0.1, -0.05) is 23.7 Å². The fourth-order valence-corrected chi connectivity index (χ4v) is 3.57. The Morgan fingerprint density at radius 2 is 2.04 bits per heavy atom. The smallest absolute Gasteiger partial charge is 0.230 e. The quantitative estimate of drug-likeness (QED) is 0.821. The molecule has 1 aliphatic heterocycles. The summed E-state index contributed by atoms with van der Waals surface area (Å²) in [5.41, 5.74) is 1.33. The molecule has 6 heteroatoms. The van der Waals surface area contributed by atoms with Crippen molar-refractivity contribution in [3.8, 4) is 6.07 Å². The van der Waals surface area contributed by atoms with Gasteiger partial charge in [0.2, 0.25) is 5.91 Å². The number of benzene rings is 1. The van der Waals surface area contributed by atoms with E-state index in [1.165, 1.54) is 0 Å². The number of anilines is 2. The molecule has 0 radical (unpaired) electrons. The lowest BCUT2D eigenvalue weighted by Gasteiger charge is -2.34. The molecule has 1 fully saturated rings. The number of para-hydroxylation sites is 1. The monoisotopic (exact) mass is 368 g/mol. The van der Waals surface area contributed by atoms with E-state index in [1.807, 2.05) is 37.3 Å². The molecule has 0 bridgehead atoms. The molecule has 134 valence electrons. The number of pyridine rings is 1. The van der Waals surface area contributed by atoms with Crippen LogP contribution in [0, 0.1) is 17.2 Å². The van der Waals surface area contributed by atoms with E-state index in [0.29, 0.717) is 17.1 Å². The van der Waals surface area contributed by atoms with E-state index in [2.05, 4.69) is 16.0 Å². The molecule has 0 unspecified atom stereocenters. The van der Waals surface area contributed by atoms with Crippen molar-refractivity contribution in [1.82, 2.24) is 4.98 Å². The third-order valence-corrected chi connectivity index (χ3v) is 5.09. The lowest BCUT2D eigenvalue weighted by atomic mass is 9.95. The predicted molar refractivity (Wildman–Crippen MR) is 103 cm³/mol. The minimum Gasteiger partial charge on any atom is -0.357 e. The van der Waals surface area contributed by atoms with Crippen LogP contribution >= 0.6 is 11.6 Å². The third-order valence-electron chi connectivity index (χ3n) is 4.77. The van der Waals surface area contributed by atoms with Crippen molar-refractivity contribution in [3.05, 3.63) is 53.2 Å². The Balaban J connectivity index is 1.66. The van der Waals surface area contributed by atoms with Gasteiger partial charge >= 0.3 is 0 Å². The number of hydrogen-bond donors (Lipinski definition) is 0. The lowest BCUT2D eigenvalue weighted by molar-refractivity contribution is -0.122. The van der Waals surface area contributed by atoms with Crippen LogP contribution in [0.15, 0.2) is 42.6 Å². The molecule has 26 heavy (non-hydrogen) atoms. The van der Waals surface area contributed by atoms with E-state index in [1.54, 1.807) is 17.2 Å². The van der Waals surface area contributed by atoms with Gasteiger partial charge in [0.25, 0.3) is 0 Å². The summed E-state index contributed by atoms with van der Waals surface area (Å²) in [5, 5.41) is 9.47. The van der Waals surface area contributed by atoms with E-state index >= 15 is 0 Å². The molecule has 0 atom stereocenters. The average Bonchev–Trinajstić information content (AvgIpc) is 2.70. The van der Waals surface area contributed by atoms with E-state index in [0.717, 1.165) is 37.4 Å². The summed E-state index contributed by atoms with van der Waals surface area (Å²) in [6.45, 7) is 4.11. The van der Waals surface area contributed by atoms with E-state index < -0.39 is 0 Å². The zero-order valence-electron chi connectivity index (χ0n) is 14.7. The number of nitriles is 1. The summed E-state index contributed by atoms with van der Waals surface area (Å²) < 4.78 is 0. The summed E-state index contributed by atoms with van der Waals surface area (Å²) in [4.78, 5) is 21.3. The number of rotatable bonds is 4. The topological polar surface area (TPSA) is 60.2 Å². The molecule has 2 heterocycles. The Labute approximate surface area is 158 Å². The zero-order valence-corrected chi connectivity index (χ0v) is 15.5. The van der Waals surface area contributed by atoms with Crippen LogP contribution in [0.25, 0.3) is 0 Å². The summed E-state index contributed by atoms with van der Waals surface area (Å²) in [7, 11) is 0. The van der Waals surface area contributed by atoms with E-state index in [4.69, 9.17) is 16.9 Å². The molecule has 1 amide bonds. The minimum atomic E-state index is -0.0131. The first-order valence-electron chi connectivity index (χ1n) is 8.81. The molecule has 2 aromatic rings. The van der Waals surface area contributed by atoms with Gasteiger partial charge < -0.3 is 9.80 Å². The van der Waals surface area contributed by atoms with Crippen molar-refractivity contribution >= 4 is 29.0 Å². The van der Waals surface area contributed by atoms with Crippen LogP contribution in [0.5, 0.6) is 0 Å². The number of carbonyl (C=O) groups is 1. The Morgan fingerprint density at radius 1 is 1.31 bits per heavy atom. The number of hydrogen-bond acceptors (Lipinski definition) is 4. The number of carbonyl (C=O) groups excluding carboxylic acids is 1. The molecular formula is C20H21ClN4O. The first-order valence-corrected chi connectivity index (χ1v) is 9.18. The SMILES string of the molecule is CCN(C(=O)C1CCN(c2ccc(C#N)cn2)CC1)c1ccccc1Cl. The van der Waals surface area contributed by atoms with Gasteiger partial charge in [-0.25, -0.2) is 4.98 Å². The standard InChI is InChI=1S/C20H21ClN4O/c1-2-25(18-6-4-3-5-17(18)21)20(26)16-9-11-24(12-10-16)19-8-7-15(13-22)14-23-19/h3-8,14,16H,2,9-12H2,1H3. The Hall–Kier alpha value is -2.58. The molecule has 0 saturated carbocycles. The maximum Gasteiger partial charge on any atom is 0.230 e. The summed E-state index contributed by atoms with van der Waals surface area (Å²) >= 11 is 6.28. The van der Waals surface area contributed by atoms with Gasteiger partial charge in [0, 0.05) is 31.7 Å². The van der Waals surface area contributed by atoms with Gasteiger partial charge in [-0.15, -0.1) is 0 Å². The van der Waals surface area contributed by atoms with Crippen LogP contribution in [0.2, 0.25) is 5.02 Å². The highest BCUT2D eigenvalue weighted by Gasteiger charge is 2.29. The van der Waals surface area contributed by atoms with Gasteiger partial charge in [0.15, 0.2) is 0 Å². The van der Waals surface area contributed by atoms with Crippen molar-refractivity contribution in [3.63, 3.8) is 0 Å². The maximum atomic E-state index is 13.0. The van der Waals surface area contributed by atoms with Gasteiger partial charge in [-0.3, -0.25) is 4.79 Å². The van der Waals surface area contributed by atoms with Crippen LogP contribution in [0.1, 0.15) is 25.3 Å². The first kappa shape index (κ1) is 18.2. The molecule has 3 rings (SSSR count). The van der Waals surface area contributed by atoms with Crippen molar-refractivity contribution in [2.24, 2.45) is 5.92 Å².